The Hall–Kier alpha value is -1.59. The number of hydrogen-bond acceptors (Lipinski definition) is 5. The van der Waals surface area contributed by atoms with E-state index in [1.54, 1.807) is 6.20 Å². The van der Waals surface area contributed by atoms with Crippen LogP contribution in [-0.4, -0.2) is 55.3 Å². The second-order valence-corrected chi connectivity index (χ2v) is 12.4. The minimum Gasteiger partial charge on any atom is -1.00 e. The summed E-state index contributed by atoms with van der Waals surface area (Å²) in [7, 11) is -2.09. The number of carbonyl (C=O) groups excluding carboxylic acids is 1. The Labute approximate surface area is 243 Å². The topological polar surface area (TPSA) is 99.6 Å². The number of aryl methyl sites for hydroxylation is 2. The molecule has 2 heterocycles. The second kappa shape index (κ2) is 10.9. The maximum absolute atomic E-state index is 13.7. The number of fused-ring (bicyclic) bond motifs is 2. The summed E-state index contributed by atoms with van der Waals surface area (Å²) in [4.78, 5) is 15.4. The van der Waals surface area contributed by atoms with Crippen LogP contribution in [0.2, 0.25) is 0 Å². The third kappa shape index (κ3) is 5.32. The van der Waals surface area contributed by atoms with E-state index >= 15 is 0 Å². The third-order valence-electron chi connectivity index (χ3n) is 8.50. The smallest absolute Gasteiger partial charge is 1.00 e. The fourth-order valence-electron chi connectivity index (χ4n) is 6.34. The number of aromatic nitrogens is 2. The molecule has 0 radical (unpaired) electrons. The molecule has 196 valence electrons. The maximum atomic E-state index is 13.7. The van der Waals surface area contributed by atoms with Crippen LogP contribution in [-0.2, 0) is 35.9 Å². The monoisotopic (exact) mass is 536 g/mol. The normalized spacial score (nSPS) is 20.0. The zero-order valence-electron chi connectivity index (χ0n) is 23.0. The molecule has 4 aliphatic rings. The number of rotatable bonds is 6. The number of urea groups is 1. The zero-order valence-corrected chi connectivity index (χ0v) is 24.8. The number of nitrogens with one attached hydrogen (secondary N) is 2. The minimum absolute atomic E-state index is 0. The Morgan fingerprint density at radius 1 is 1.03 bits per heavy atom. The van der Waals surface area contributed by atoms with Gasteiger partial charge < -0.3 is 11.6 Å². The zero-order chi connectivity index (χ0) is 24.9. The summed E-state index contributed by atoms with van der Waals surface area (Å²) >= 11 is 0. The van der Waals surface area contributed by atoms with Crippen molar-refractivity contribution in [2.24, 2.45) is 0 Å². The SMILES string of the molecule is CN1CCC(N(c2cnn(C3CCC3)c2)S(=O)(=O)NC(=O)Nc2c3c(cc4c2CCC4)CCC3)CC1.[H-].[Na+]. The molecule has 0 spiro atoms. The standard InChI is InChI=1S/C26H36N6O3S.Na.H/c1-30-13-11-21(12-14-30)32(22-16-27-31(17-22)20-7-4-8-20)36(34,35)29-26(33)28-25-23-9-2-5-18(23)15-19-6-3-10-24(19)25;;/h15-17,20-21H,2-14H2,1H3,(H2,28,29,33);;/q;+1;-1. The predicted molar refractivity (Wildman–Crippen MR) is 141 cm³/mol. The molecule has 1 aromatic heterocycles. The first-order valence-corrected chi connectivity index (χ1v) is 14.9. The van der Waals surface area contributed by atoms with Crippen molar-refractivity contribution < 1.29 is 44.2 Å². The molecule has 1 saturated carbocycles. The molecule has 1 saturated heterocycles. The van der Waals surface area contributed by atoms with E-state index in [1.807, 2.05) is 17.9 Å². The molecule has 0 unspecified atom stereocenters. The molecular formula is C26H37N6NaO3S. The Bertz CT molecular complexity index is 1240. The van der Waals surface area contributed by atoms with Crippen molar-refractivity contribution in [2.75, 3.05) is 29.8 Å². The molecule has 1 aliphatic heterocycles. The summed E-state index contributed by atoms with van der Waals surface area (Å²) < 4.78 is 33.1. The van der Waals surface area contributed by atoms with Crippen molar-refractivity contribution in [3.8, 4) is 0 Å². The number of piperidine rings is 1. The number of carbonyl (C=O) groups is 1. The molecule has 3 aliphatic carbocycles. The van der Waals surface area contributed by atoms with Gasteiger partial charge in [-0.15, -0.1) is 0 Å². The number of benzene rings is 1. The number of hydrogen-bond donors (Lipinski definition) is 2. The molecule has 2 amide bonds. The van der Waals surface area contributed by atoms with Gasteiger partial charge in [-0.25, -0.2) is 13.8 Å². The number of anilines is 2. The van der Waals surface area contributed by atoms with Gasteiger partial charge in [0.25, 0.3) is 0 Å². The second-order valence-electron chi connectivity index (χ2n) is 10.9. The summed E-state index contributed by atoms with van der Waals surface area (Å²) in [5.41, 5.74) is 6.32. The first-order valence-electron chi connectivity index (χ1n) is 13.4. The van der Waals surface area contributed by atoms with E-state index in [-0.39, 0.29) is 37.0 Å². The summed E-state index contributed by atoms with van der Waals surface area (Å²) in [5, 5.41) is 7.45. The van der Waals surface area contributed by atoms with Crippen LogP contribution < -0.4 is 43.9 Å². The number of likely N-dealkylation sites (tertiary alicyclic amines) is 1. The Balaban J connectivity index is 0.00000168. The molecule has 37 heavy (non-hydrogen) atoms. The largest absolute Gasteiger partial charge is 1.00 e. The van der Waals surface area contributed by atoms with Crippen LogP contribution in [0.15, 0.2) is 18.5 Å². The maximum Gasteiger partial charge on any atom is 1.00 e. The van der Waals surface area contributed by atoms with Gasteiger partial charge in [0, 0.05) is 17.9 Å². The van der Waals surface area contributed by atoms with Crippen molar-refractivity contribution in [3.05, 3.63) is 40.7 Å². The van der Waals surface area contributed by atoms with Gasteiger partial charge in [0.1, 0.15) is 0 Å². The van der Waals surface area contributed by atoms with Crippen molar-refractivity contribution in [1.29, 1.82) is 0 Å². The van der Waals surface area contributed by atoms with Crippen LogP contribution >= 0.6 is 0 Å². The van der Waals surface area contributed by atoms with E-state index in [0.29, 0.717) is 24.6 Å². The predicted octanol–water partition coefficient (Wildman–Crippen LogP) is 0.669. The van der Waals surface area contributed by atoms with Crippen molar-refractivity contribution in [3.63, 3.8) is 0 Å². The first kappa shape index (κ1) is 27.0. The summed E-state index contributed by atoms with van der Waals surface area (Å²) in [6.07, 6.45) is 14.2. The van der Waals surface area contributed by atoms with Gasteiger partial charge >= 0.3 is 45.8 Å². The Morgan fingerprint density at radius 3 is 2.27 bits per heavy atom. The fourth-order valence-corrected chi connectivity index (χ4v) is 7.70. The van der Waals surface area contributed by atoms with E-state index in [0.717, 1.165) is 70.1 Å². The van der Waals surface area contributed by atoms with Gasteiger partial charge in [-0.3, -0.25) is 4.68 Å². The molecule has 6 rings (SSSR count). The van der Waals surface area contributed by atoms with Crippen LogP contribution in [0.25, 0.3) is 0 Å². The molecule has 2 N–H and O–H groups in total. The van der Waals surface area contributed by atoms with Gasteiger partial charge in [-0.05, 0) is 113 Å². The van der Waals surface area contributed by atoms with E-state index in [4.69, 9.17) is 0 Å². The van der Waals surface area contributed by atoms with E-state index < -0.39 is 16.2 Å². The third-order valence-corrected chi connectivity index (χ3v) is 9.97. The van der Waals surface area contributed by atoms with Crippen LogP contribution in [0.4, 0.5) is 16.2 Å². The molecule has 0 bridgehead atoms. The van der Waals surface area contributed by atoms with Crippen molar-refractivity contribution >= 4 is 27.6 Å². The summed E-state index contributed by atoms with van der Waals surface area (Å²) in [6.45, 7) is 1.61. The fraction of sp³-hybridized carbons (Fsp3) is 0.615. The van der Waals surface area contributed by atoms with Gasteiger partial charge in [0.05, 0.1) is 17.9 Å². The Kier molecular flexibility index (Phi) is 7.94. The van der Waals surface area contributed by atoms with Crippen LogP contribution in [0.5, 0.6) is 0 Å². The molecule has 1 aromatic carbocycles. The van der Waals surface area contributed by atoms with Crippen LogP contribution in [0.3, 0.4) is 0 Å². The summed E-state index contributed by atoms with van der Waals surface area (Å²) in [6, 6.07) is 1.72. The van der Waals surface area contributed by atoms with Crippen LogP contribution in [0.1, 0.15) is 74.7 Å². The average molecular weight is 537 g/mol. The van der Waals surface area contributed by atoms with Gasteiger partial charge in [-0.2, -0.15) is 13.5 Å². The van der Waals surface area contributed by atoms with E-state index in [9.17, 15) is 13.2 Å². The molecule has 2 fully saturated rings. The van der Waals surface area contributed by atoms with Crippen molar-refractivity contribution in [2.45, 2.75) is 82.7 Å². The molecular weight excluding hydrogens is 499 g/mol. The van der Waals surface area contributed by atoms with E-state index in [2.05, 4.69) is 26.1 Å². The Morgan fingerprint density at radius 2 is 1.68 bits per heavy atom. The molecule has 11 heteroatoms. The molecule has 9 nitrogen and oxygen atoms in total. The summed E-state index contributed by atoms with van der Waals surface area (Å²) in [5.74, 6) is 0. The quantitative estimate of drug-likeness (QED) is 0.529. The molecule has 2 aromatic rings. The molecule has 0 atom stereocenters. The van der Waals surface area contributed by atoms with E-state index in [1.165, 1.54) is 33.0 Å². The number of nitrogens with zero attached hydrogens (tertiary/aromatic N) is 4. The minimum atomic E-state index is -4.14. The van der Waals surface area contributed by atoms with Gasteiger partial charge in [0.2, 0.25) is 0 Å². The van der Waals surface area contributed by atoms with Gasteiger partial charge in [0.15, 0.2) is 0 Å². The first-order chi connectivity index (χ1) is 17.4. The van der Waals surface area contributed by atoms with Crippen LogP contribution in [0, 0.1) is 0 Å². The number of amides is 2. The van der Waals surface area contributed by atoms with Gasteiger partial charge in [-0.1, -0.05) is 6.07 Å². The van der Waals surface area contributed by atoms with Crippen molar-refractivity contribution in [1.82, 2.24) is 19.4 Å². The average Bonchev–Trinajstić information content (AvgIpc) is 3.54.